The van der Waals surface area contributed by atoms with Crippen LogP contribution in [0.4, 0.5) is 0 Å². The molecule has 25 rings (SSSR count). The molecule has 0 amide bonds. The summed E-state index contributed by atoms with van der Waals surface area (Å²) in [6.45, 7) is 0. The van der Waals surface area contributed by atoms with Crippen molar-refractivity contribution in [2.24, 2.45) is 0 Å². The highest BCUT2D eigenvalue weighted by atomic mass is 31.1. The average Bonchev–Trinajstić information content (AvgIpc) is 1.90. The monoisotopic (exact) mass is 1580 g/mol. The standard InChI is InChI=1S/C112H70N5P3/c1-4-31-83(32-5-1)118-106-46-19-13-40-89(106)95-67-74(52-58-109(95)118)71-49-55-103-92(64-71)86-37-10-16-43-100(86)115(103)80-28-22-25-77(61-80)98-70-99(78-26-23-29-81(62-78)116-101-44-17-11-38-87(101)93-65-72(50-56-104(93)116)75-53-59-110-96(68-75)90-41-14-20-47-107(90)119(110)84-33-6-2-7-34-84)114-112(113-98)79-27-24-30-82(63-79)117-102-45-18-12-39-88(102)94-66-73(51-57-105(94)117)76-54-60-111-97(69-76)91-42-15-21-48-108(91)120(111)85-35-8-3-9-36-85/h1-70H. The summed E-state index contributed by atoms with van der Waals surface area (Å²) in [6, 6.07) is 158. The smallest absolute Gasteiger partial charge is 0.160 e. The Hall–Kier alpha value is -14.7. The number of benzene rings is 18. The van der Waals surface area contributed by atoms with Crippen LogP contribution in [0.5, 0.6) is 0 Å². The van der Waals surface area contributed by atoms with E-state index in [0.29, 0.717) is 5.82 Å². The van der Waals surface area contributed by atoms with E-state index in [1.807, 2.05) is 0 Å². The first kappa shape index (κ1) is 68.6. The zero-order valence-corrected chi connectivity index (χ0v) is 67.7. The molecule has 0 N–H and O–H groups in total. The van der Waals surface area contributed by atoms with Gasteiger partial charge in [0.15, 0.2) is 5.82 Å². The zero-order chi connectivity index (χ0) is 78.6. The van der Waals surface area contributed by atoms with Crippen molar-refractivity contribution >= 4 is 151 Å². The first-order chi connectivity index (χ1) is 59.5. The number of aromatic nitrogens is 5. The van der Waals surface area contributed by atoms with Gasteiger partial charge < -0.3 is 13.7 Å². The van der Waals surface area contributed by atoms with Gasteiger partial charge in [0, 0.05) is 96.8 Å². The van der Waals surface area contributed by atoms with E-state index < -0.39 is 22.6 Å². The normalized spacial score (nSPS) is 12.4. The van der Waals surface area contributed by atoms with E-state index in [9.17, 15) is 0 Å². The van der Waals surface area contributed by atoms with Gasteiger partial charge in [0.05, 0.1) is 44.5 Å². The SMILES string of the molecule is c1ccc(-p2c3ccccc3c3cc(-c4ccc5c(c4)c4ccccc4n5-c4cccc(-c5cc(-c6cccc(-n7c8ccccc8c8cc(-c9ccc%10c(c9)c9ccccc9p%10-c9ccccc9)ccc87)c6)nc(-c6cccc(-n7c8ccccc8c8cc(-c9ccc%10c(c9)c9ccccc9p%10-c9ccccc9)ccc87)c6)n5)c4)ccc32)cc1. The molecule has 5 nitrogen and oxygen atoms in total. The van der Waals surface area contributed by atoms with E-state index in [1.165, 1.54) is 145 Å². The molecule has 0 radical (unpaired) electrons. The van der Waals surface area contributed by atoms with Crippen molar-refractivity contribution in [3.05, 3.63) is 425 Å². The van der Waals surface area contributed by atoms with Gasteiger partial charge in [-0.05, 0) is 215 Å². The fraction of sp³-hybridized carbons (Fsp3) is 0. The summed E-state index contributed by atoms with van der Waals surface area (Å²) < 4.78 is 7.29. The van der Waals surface area contributed by atoms with Gasteiger partial charge in [0.2, 0.25) is 0 Å². The van der Waals surface area contributed by atoms with Gasteiger partial charge in [-0.3, -0.25) is 0 Å². The third-order valence-corrected chi connectivity index (χ3v) is 32.6. The van der Waals surface area contributed by atoms with E-state index in [2.05, 4.69) is 438 Å². The van der Waals surface area contributed by atoms with Crippen molar-refractivity contribution < 1.29 is 0 Å². The molecule has 8 heteroatoms. The van der Waals surface area contributed by atoms with Crippen molar-refractivity contribution in [3.63, 3.8) is 0 Å². The average molecular weight is 1580 g/mol. The number of fused-ring (bicyclic) bond motifs is 18. The maximum atomic E-state index is 5.71. The predicted octanol–water partition coefficient (Wildman–Crippen LogP) is 32.6. The van der Waals surface area contributed by atoms with E-state index in [1.54, 1.807) is 0 Å². The third-order valence-electron chi connectivity index (χ3n) is 25.0. The van der Waals surface area contributed by atoms with Crippen molar-refractivity contribution in [2.75, 3.05) is 0 Å². The summed E-state index contributed by atoms with van der Waals surface area (Å²) >= 11 is 0. The van der Waals surface area contributed by atoms with E-state index in [0.717, 1.165) is 78.2 Å². The topological polar surface area (TPSA) is 40.6 Å². The van der Waals surface area contributed by atoms with Crippen LogP contribution in [0.15, 0.2) is 425 Å². The maximum absolute atomic E-state index is 5.71. The van der Waals surface area contributed by atoms with Crippen LogP contribution < -0.4 is 0 Å². The minimum absolute atomic E-state index is 0.629. The van der Waals surface area contributed by atoms with E-state index in [4.69, 9.17) is 9.97 Å². The fourth-order valence-corrected chi connectivity index (χ4v) is 27.4. The van der Waals surface area contributed by atoms with Crippen molar-refractivity contribution in [3.8, 4) is 100 Å². The molecule has 0 aliphatic rings. The summed E-state index contributed by atoms with van der Waals surface area (Å²) in [4.78, 5) is 11.4. The summed E-state index contributed by atoms with van der Waals surface area (Å²) in [5.74, 6) is 0.629. The number of para-hydroxylation sites is 3. The maximum Gasteiger partial charge on any atom is 0.160 e. The van der Waals surface area contributed by atoms with Crippen molar-refractivity contribution in [2.45, 2.75) is 0 Å². The lowest BCUT2D eigenvalue weighted by atomic mass is 10.0. The van der Waals surface area contributed by atoms with Crippen molar-refractivity contribution in [1.82, 2.24) is 23.7 Å². The summed E-state index contributed by atoms with van der Waals surface area (Å²) in [5, 5.41) is 27.8. The van der Waals surface area contributed by atoms with Crippen LogP contribution in [0.1, 0.15) is 0 Å². The lowest BCUT2D eigenvalue weighted by molar-refractivity contribution is 1.15. The van der Waals surface area contributed by atoms with Crippen LogP contribution in [-0.2, 0) is 0 Å². The number of hydrogen-bond donors (Lipinski definition) is 0. The van der Waals surface area contributed by atoms with Crippen LogP contribution in [0.3, 0.4) is 0 Å². The minimum atomic E-state index is -0.662. The predicted molar refractivity (Wildman–Crippen MR) is 515 cm³/mol. The largest absolute Gasteiger partial charge is 0.309 e. The molecule has 0 bridgehead atoms. The molecule has 25 aromatic rings. The molecule has 3 unspecified atom stereocenters. The Labute approximate surface area is 694 Å². The molecular formula is C112H70N5P3. The Kier molecular flexibility index (Phi) is 15.7. The Balaban J connectivity index is 0.623. The lowest BCUT2D eigenvalue weighted by Crippen LogP contribution is -2.00. The molecule has 7 aromatic heterocycles. The van der Waals surface area contributed by atoms with Gasteiger partial charge in [-0.15, -0.1) is 0 Å². The second-order valence-electron chi connectivity index (χ2n) is 31.6. The van der Waals surface area contributed by atoms with Crippen LogP contribution >= 0.6 is 22.6 Å². The molecule has 558 valence electrons. The van der Waals surface area contributed by atoms with Gasteiger partial charge in [-0.1, -0.05) is 314 Å². The molecule has 3 atom stereocenters. The van der Waals surface area contributed by atoms with Gasteiger partial charge >= 0.3 is 0 Å². The van der Waals surface area contributed by atoms with E-state index in [-0.39, 0.29) is 0 Å². The minimum Gasteiger partial charge on any atom is -0.309 e. The highest BCUT2D eigenvalue weighted by molar-refractivity contribution is 7.68. The molecular weight excluding hydrogens is 1510 g/mol. The molecule has 18 aromatic carbocycles. The second-order valence-corrected chi connectivity index (χ2v) is 38.1. The molecule has 0 aliphatic heterocycles. The number of hydrogen-bond acceptors (Lipinski definition) is 2. The number of rotatable bonds is 12. The molecule has 0 saturated heterocycles. The fourth-order valence-electron chi connectivity index (χ4n) is 19.6. The Morgan fingerprint density at radius 2 is 0.417 bits per heavy atom. The van der Waals surface area contributed by atoms with Gasteiger partial charge in [-0.2, -0.15) is 0 Å². The molecule has 120 heavy (non-hydrogen) atoms. The quantitative estimate of drug-likeness (QED) is 0.122. The third kappa shape index (κ3) is 10.9. The Bertz CT molecular complexity index is 7750. The summed E-state index contributed by atoms with van der Waals surface area (Å²) in [7, 11) is -1.98. The first-order valence-corrected chi connectivity index (χ1v) is 45.1. The van der Waals surface area contributed by atoms with Crippen LogP contribution in [0, 0.1) is 0 Å². The van der Waals surface area contributed by atoms with Crippen molar-refractivity contribution in [1.29, 1.82) is 0 Å². The molecule has 7 heterocycles. The zero-order valence-electron chi connectivity index (χ0n) is 65.0. The van der Waals surface area contributed by atoms with E-state index >= 15 is 0 Å². The summed E-state index contributed by atoms with van der Waals surface area (Å²) in [6.07, 6.45) is 0. The van der Waals surface area contributed by atoms with Gasteiger partial charge in [0.25, 0.3) is 0 Å². The number of nitrogens with zero attached hydrogens (tertiary/aromatic N) is 5. The van der Waals surface area contributed by atoms with Crippen LogP contribution in [0.2, 0.25) is 0 Å². The molecule has 0 spiro atoms. The van der Waals surface area contributed by atoms with Gasteiger partial charge in [-0.25, -0.2) is 9.97 Å². The highest BCUT2D eigenvalue weighted by Crippen LogP contribution is 2.59. The lowest BCUT2D eigenvalue weighted by Gasteiger charge is -2.14. The molecule has 0 aliphatic carbocycles. The Morgan fingerprint density at radius 1 is 0.158 bits per heavy atom. The molecule has 0 fully saturated rings. The van der Waals surface area contributed by atoms with Crippen LogP contribution in [-0.4, -0.2) is 23.7 Å². The Morgan fingerprint density at radius 3 is 0.758 bits per heavy atom. The second kappa shape index (κ2) is 27.5. The van der Waals surface area contributed by atoms with Gasteiger partial charge in [0.1, 0.15) is 0 Å². The first-order valence-electron chi connectivity index (χ1n) is 41.1. The molecule has 0 saturated carbocycles. The summed E-state index contributed by atoms with van der Waals surface area (Å²) in [5.41, 5.74) is 21.6. The van der Waals surface area contributed by atoms with Crippen LogP contribution in [0.25, 0.3) is 229 Å². The highest BCUT2D eigenvalue weighted by Gasteiger charge is 2.24.